The molecule has 3 nitrogen and oxygen atoms in total. The molecule has 12 heavy (non-hydrogen) atoms. The largest absolute Gasteiger partial charge is 0.426 e. The van der Waals surface area contributed by atoms with Crippen LogP contribution in [-0.2, 0) is 14.3 Å². The summed E-state index contributed by atoms with van der Waals surface area (Å²) in [4.78, 5) is 11.0. The summed E-state index contributed by atoms with van der Waals surface area (Å²) in [5, 5.41) is 0. The number of carbonyl (C=O) groups is 1. The van der Waals surface area contributed by atoms with Crippen LogP contribution in [0.2, 0.25) is 0 Å². The fourth-order valence-electron chi connectivity index (χ4n) is 1.92. The highest BCUT2D eigenvalue weighted by Crippen LogP contribution is 2.42. The Morgan fingerprint density at radius 1 is 1.75 bits per heavy atom. The van der Waals surface area contributed by atoms with E-state index in [4.69, 9.17) is 9.47 Å². The Balaban J connectivity index is 2.24. The van der Waals surface area contributed by atoms with Gasteiger partial charge in [-0.1, -0.05) is 0 Å². The summed E-state index contributed by atoms with van der Waals surface area (Å²) in [7, 11) is 0. The number of hydrogen-bond acceptors (Lipinski definition) is 3. The van der Waals surface area contributed by atoms with Gasteiger partial charge in [0, 0.05) is 24.7 Å². The van der Waals surface area contributed by atoms with Gasteiger partial charge < -0.3 is 9.47 Å². The average Bonchev–Trinajstić information content (AvgIpc) is 2.44. The molecule has 0 aromatic heterocycles. The lowest BCUT2D eigenvalue weighted by Gasteiger charge is -2.24. The van der Waals surface area contributed by atoms with Gasteiger partial charge in [0.1, 0.15) is 0 Å². The van der Waals surface area contributed by atoms with Crippen molar-refractivity contribution >= 4 is 5.97 Å². The average molecular weight is 168 g/mol. The van der Waals surface area contributed by atoms with E-state index in [2.05, 4.69) is 0 Å². The van der Waals surface area contributed by atoms with Gasteiger partial charge in [-0.15, -0.1) is 0 Å². The highest BCUT2D eigenvalue weighted by Gasteiger charge is 2.47. The van der Waals surface area contributed by atoms with Gasteiger partial charge in [-0.3, -0.25) is 0 Å². The maximum Gasteiger partial charge on any atom is 0.333 e. The molecule has 1 unspecified atom stereocenters. The first-order chi connectivity index (χ1) is 5.77. The molecule has 1 aliphatic carbocycles. The number of carbonyl (C=O) groups excluding carboxylic acids is 1. The van der Waals surface area contributed by atoms with E-state index in [9.17, 15) is 4.79 Å². The van der Waals surface area contributed by atoms with Crippen molar-refractivity contribution in [3.05, 3.63) is 11.6 Å². The van der Waals surface area contributed by atoms with Gasteiger partial charge in [0.2, 0.25) is 5.79 Å². The third-order valence-electron chi connectivity index (χ3n) is 2.38. The Morgan fingerprint density at radius 3 is 3.33 bits per heavy atom. The van der Waals surface area contributed by atoms with Gasteiger partial charge in [0.05, 0.1) is 0 Å². The molecule has 0 saturated heterocycles. The second kappa shape index (κ2) is 2.59. The molecule has 1 atom stereocenters. The van der Waals surface area contributed by atoms with E-state index in [0.29, 0.717) is 6.61 Å². The number of hydrogen-bond donors (Lipinski definition) is 0. The first-order valence-corrected chi connectivity index (χ1v) is 4.35. The van der Waals surface area contributed by atoms with Gasteiger partial charge >= 0.3 is 5.97 Å². The molecule has 2 aliphatic rings. The second-order valence-electron chi connectivity index (χ2n) is 3.13. The van der Waals surface area contributed by atoms with Gasteiger partial charge in [0.25, 0.3) is 0 Å². The van der Waals surface area contributed by atoms with E-state index < -0.39 is 5.79 Å². The van der Waals surface area contributed by atoms with E-state index in [-0.39, 0.29) is 5.97 Å². The lowest BCUT2D eigenvalue weighted by atomic mass is 10.1. The minimum Gasteiger partial charge on any atom is -0.426 e. The van der Waals surface area contributed by atoms with Crippen molar-refractivity contribution in [2.75, 3.05) is 6.61 Å². The van der Waals surface area contributed by atoms with Crippen molar-refractivity contribution in [2.24, 2.45) is 0 Å². The first-order valence-electron chi connectivity index (χ1n) is 4.35. The van der Waals surface area contributed by atoms with Crippen molar-refractivity contribution in [2.45, 2.75) is 32.0 Å². The van der Waals surface area contributed by atoms with Gasteiger partial charge in [-0.05, 0) is 19.8 Å². The fraction of sp³-hybridized carbons (Fsp3) is 0.667. The Morgan fingerprint density at radius 2 is 2.58 bits per heavy atom. The highest BCUT2D eigenvalue weighted by atomic mass is 16.7. The third kappa shape index (κ3) is 0.966. The van der Waals surface area contributed by atoms with E-state index in [0.717, 1.165) is 24.8 Å². The molecular weight excluding hydrogens is 156 g/mol. The van der Waals surface area contributed by atoms with Gasteiger partial charge in [0.15, 0.2) is 0 Å². The maximum absolute atomic E-state index is 11.0. The van der Waals surface area contributed by atoms with Crippen LogP contribution in [0.25, 0.3) is 0 Å². The predicted molar refractivity (Wildman–Crippen MR) is 42.4 cm³/mol. The summed E-state index contributed by atoms with van der Waals surface area (Å²) in [6.45, 7) is 2.50. The zero-order valence-electron chi connectivity index (χ0n) is 7.13. The molecule has 0 aromatic rings. The molecule has 2 rings (SSSR count). The minimum atomic E-state index is -0.661. The van der Waals surface area contributed by atoms with Crippen LogP contribution in [-0.4, -0.2) is 18.4 Å². The summed E-state index contributed by atoms with van der Waals surface area (Å²) >= 11 is 0. The van der Waals surface area contributed by atoms with Crippen molar-refractivity contribution in [3.8, 4) is 0 Å². The van der Waals surface area contributed by atoms with Crippen LogP contribution in [0.15, 0.2) is 11.6 Å². The standard InChI is InChI=1S/C9H12O3/c1-2-11-9-5-3-4-7(9)6-8(10)12-9/h6H,2-5H2,1H3. The fourth-order valence-corrected chi connectivity index (χ4v) is 1.92. The van der Waals surface area contributed by atoms with E-state index in [1.165, 1.54) is 0 Å². The molecular formula is C9H12O3. The third-order valence-corrected chi connectivity index (χ3v) is 2.38. The molecule has 1 saturated carbocycles. The molecule has 0 spiro atoms. The molecule has 0 amide bonds. The molecule has 0 bridgehead atoms. The quantitative estimate of drug-likeness (QED) is 0.584. The van der Waals surface area contributed by atoms with Crippen LogP contribution in [0.4, 0.5) is 0 Å². The summed E-state index contributed by atoms with van der Waals surface area (Å²) in [5.41, 5.74) is 1.02. The van der Waals surface area contributed by atoms with Crippen LogP contribution in [0.5, 0.6) is 0 Å². The van der Waals surface area contributed by atoms with Crippen molar-refractivity contribution in [1.82, 2.24) is 0 Å². The number of rotatable bonds is 2. The van der Waals surface area contributed by atoms with Crippen molar-refractivity contribution in [1.29, 1.82) is 0 Å². The summed E-state index contributed by atoms with van der Waals surface area (Å²) in [6, 6.07) is 0. The molecule has 1 heterocycles. The van der Waals surface area contributed by atoms with E-state index >= 15 is 0 Å². The van der Waals surface area contributed by atoms with Crippen LogP contribution >= 0.6 is 0 Å². The molecule has 0 N–H and O–H groups in total. The molecule has 66 valence electrons. The molecule has 0 aromatic carbocycles. The summed E-state index contributed by atoms with van der Waals surface area (Å²) in [6.07, 6.45) is 4.38. The summed E-state index contributed by atoms with van der Waals surface area (Å²) in [5.74, 6) is -0.913. The minimum absolute atomic E-state index is 0.252. The smallest absolute Gasteiger partial charge is 0.333 e. The predicted octanol–water partition coefficient (Wildman–Crippen LogP) is 1.39. The maximum atomic E-state index is 11.0. The van der Waals surface area contributed by atoms with Crippen molar-refractivity contribution in [3.63, 3.8) is 0 Å². The van der Waals surface area contributed by atoms with E-state index in [1.807, 2.05) is 6.92 Å². The van der Waals surface area contributed by atoms with Crippen molar-refractivity contribution < 1.29 is 14.3 Å². The Bertz CT molecular complexity index is 244. The number of ether oxygens (including phenoxy) is 2. The lowest BCUT2D eigenvalue weighted by molar-refractivity contribution is -0.197. The van der Waals surface area contributed by atoms with Gasteiger partial charge in [-0.2, -0.15) is 0 Å². The van der Waals surface area contributed by atoms with Crippen LogP contribution in [0.1, 0.15) is 26.2 Å². The highest BCUT2D eigenvalue weighted by molar-refractivity contribution is 5.86. The SMILES string of the molecule is CCOC12CCCC1=CC(=O)O2. The Kier molecular flexibility index (Phi) is 1.68. The number of esters is 1. The molecule has 1 aliphatic heterocycles. The Labute approximate surface area is 71.3 Å². The second-order valence-corrected chi connectivity index (χ2v) is 3.13. The number of fused-ring (bicyclic) bond motifs is 1. The molecule has 1 fully saturated rings. The normalized spacial score (nSPS) is 33.1. The van der Waals surface area contributed by atoms with Crippen LogP contribution in [0, 0.1) is 0 Å². The first kappa shape index (κ1) is 7.80. The zero-order chi connectivity index (χ0) is 8.60. The molecule has 0 radical (unpaired) electrons. The van der Waals surface area contributed by atoms with Crippen LogP contribution < -0.4 is 0 Å². The lowest BCUT2D eigenvalue weighted by Crippen LogP contribution is -2.31. The topological polar surface area (TPSA) is 35.5 Å². The molecule has 3 heteroatoms. The zero-order valence-corrected chi connectivity index (χ0v) is 7.13. The summed E-state index contributed by atoms with van der Waals surface area (Å²) < 4.78 is 10.6. The monoisotopic (exact) mass is 168 g/mol. The van der Waals surface area contributed by atoms with Gasteiger partial charge in [-0.25, -0.2) is 4.79 Å². The van der Waals surface area contributed by atoms with E-state index in [1.54, 1.807) is 6.08 Å². The Hall–Kier alpha value is -0.830. The van der Waals surface area contributed by atoms with Crippen LogP contribution in [0.3, 0.4) is 0 Å².